The van der Waals surface area contributed by atoms with Crippen LogP contribution >= 0.6 is 0 Å². The summed E-state index contributed by atoms with van der Waals surface area (Å²) in [6.07, 6.45) is 5.26. The van der Waals surface area contributed by atoms with Crippen LogP contribution in [0.5, 0.6) is 0 Å². The number of benzene rings is 3. The molecule has 2 heterocycles. The normalized spacial score (nSPS) is 18.9. The number of nitrogens with one attached hydrogen (secondary N) is 1. The van der Waals surface area contributed by atoms with Crippen molar-refractivity contribution in [2.75, 3.05) is 32.8 Å². The Morgan fingerprint density at radius 2 is 1.52 bits per heavy atom. The molecule has 2 saturated heterocycles. The molecule has 0 bridgehead atoms. The minimum atomic E-state index is -0.773. The summed E-state index contributed by atoms with van der Waals surface area (Å²) in [7, 11) is 0. The van der Waals surface area contributed by atoms with Crippen LogP contribution in [-0.4, -0.2) is 82.7 Å². The summed E-state index contributed by atoms with van der Waals surface area (Å²) in [6.45, 7) is 1.49. The number of hydrazine groups is 1. The largest absolute Gasteiger partial charge is 0.375 e. The lowest BCUT2D eigenvalue weighted by atomic mass is 9.99. The second-order valence-electron chi connectivity index (χ2n) is 10.3. The molecule has 216 valence electrons. The van der Waals surface area contributed by atoms with Crippen LogP contribution < -0.4 is 5.32 Å². The third-order valence-corrected chi connectivity index (χ3v) is 7.49. The lowest BCUT2D eigenvalue weighted by Gasteiger charge is -2.54. The Morgan fingerprint density at radius 1 is 0.905 bits per heavy atom. The quantitative estimate of drug-likeness (QED) is 0.302. The number of amides is 4. The van der Waals surface area contributed by atoms with E-state index in [0.717, 1.165) is 16.7 Å². The molecule has 3 aromatic carbocycles. The Bertz CT molecular complexity index is 1400. The monoisotopic (exact) mass is 565 g/mol. The fourth-order valence-electron chi connectivity index (χ4n) is 5.47. The number of rotatable bonds is 10. The first-order valence-corrected chi connectivity index (χ1v) is 14.1. The van der Waals surface area contributed by atoms with Gasteiger partial charge in [-0.1, -0.05) is 96.9 Å². The molecule has 0 spiro atoms. The number of carbonyl (C=O) groups is 3. The number of carbonyl (C=O) groups excluding carboxylic acids is 3. The van der Waals surface area contributed by atoms with Gasteiger partial charge < -0.3 is 19.9 Å². The van der Waals surface area contributed by atoms with Crippen molar-refractivity contribution < 1.29 is 19.1 Å². The van der Waals surface area contributed by atoms with E-state index in [2.05, 4.69) is 11.2 Å². The van der Waals surface area contributed by atoms with Gasteiger partial charge in [-0.3, -0.25) is 9.59 Å². The van der Waals surface area contributed by atoms with Crippen LogP contribution in [0.25, 0.3) is 0 Å². The van der Waals surface area contributed by atoms with Crippen LogP contribution in [0.1, 0.15) is 16.7 Å². The molecular formula is C33H35N5O4. The van der Waals surface area contributed by atoms with E-state index in [1.165, 1.54) is 5.01 Å². The second-order valence-corrected chi connectivity index (χ2v) is 10.3. The zero-order chi connectivity index (χ0) is 29.3. The number of fused-ring (bicyclic) bond motifs is 1. The third-order valence-electron chi connectivity index (χ3n) is 7.49. The highest BCUT2D eigenvalue weighted by Gasteiger charge is 2.51. The number of terminal acetylenes is 1. The van der Waals surface area contributed by atoms with E-state index in [-0.39, 0.29) is 37.5 Å². The maximum Gasteiger partial charge on any atom is 0.334 e. The lowest BCUT2D eigenvalue weighted by molar-refractivity contribution is -0.189. The summed E-state index contributed by atoms with van der Waals surface area (Å²) in [5, 5.41) is 6.08. The molecular weight excluding hydrogens is 530 g/mol. The van der Waals surface area contributed by atoms with E-state index >= 15 is 0 Å². The van der Waals surface area contributed by atoms with Gasteiger partial charge in [-0.05, 0) is 16.7 Å². The number of hydrogen-bond donors (Lipinski definition) is 1. The van der Waals surface area contributed by atoms with Crippen LogP contribution in [0.4, 0.5) is 4.79 Å². The molecule has 1 N–H and O–H groups in total. The molecule has 0 radical (unpaired) electrons. The molecule has 2 aliphatic rings. The van der Waals surface area contributed by atoms with Gasteiger partial charge in [0, 0.05) is 19.5 Å². The molecule has 0 aromatic heterocycles. The zero-order valence-corrected chi connectivity index (χ0v) is 23.5. The molecule has 0 unspecified atom stereocenters. The van der Waals surface area contributed by atoms with Crippen molar-refractivity contribution >= 4 is 17.8 Å². The number of nitrogens with zero attached hydrogens (tertiary/aromatic N) is 4. The summed E-state index contributed by atoms with van der Waals surface area (Å²) in [4.78, 5) is 44.5. The second kappa shape index (κ2) is 13.8. The van der Waals surface area contributed by atoms with Crippen LogP contribution in [0.2, 0.25) is 0 Å². The Hall–Kier alpha value is -4.65. The van der Waals surface area contributed by atoms with Gasteiger partial charge in [0.1, 0.15) is 12.2 Å². The highest BCUT2D eigenvalue weighted by molar-refractivity contribution is 5.91. The Kier molecular flexibility index (Phi) is 9.49. The number of hydrogen-bond acceptors (Lipinski definition) is 5. The van der Waals surface area contributed by atoms with E-state index in [1.807, 2.05) is 91.0 Å². The molecule has 4 amide bonds. The standard InChI is InChI=1S/C33H35N5O4/c1-2-18-36-24-31(39)37-29(21-26-12-6-3-7-13-26)32(40)35(19-20-42-25-28-16-10-5-11-17-28)23-30(37)38(36)33(41)34-22-27-14-8-4-9-15-27/h1,3-17,29-30H,18-25H2,(H,34,41)/t29-,30-/m0/s1. The lowest BCUT2D eigenvalue weighted by Crippen LogP contribution is -2.76. The summed E-state index contributed by atoms with van der Waals surface area (Å²) in [5.41, 5.74) is 2.91. The van der Waals surface area contributed by atoms with Gasteiger partial charge in [-0.2, -0.15) is 5.01 Å². The summed E-state index contributed by atoms with van der Waals surface area (Å²) in [6, 6.07) is 27.9. The van der Waals surface area contributed by atoms with Gasteiger partial charge in [0.05, 0.1) is 32.8 Å². The fourth-order valence-corrected chi connectivity index (χ4v) is 5.47. The first-order chi connectivity index (χ1) is 20.5. The molecule has 9 nitrogen and oxygen atoms in total. The number of ether oxygens (including phenoxy) is 1. The van der Waals surface area contributed by atoms with E-state index in [9.17, 15) is 14.4 Å². The molecule has 9 heteroatoms. The topological polar surface area (TPSA) is 85.4 Å². The van der Waals surface area contributed by atoms with Crippen LogP contribution in [0, 0.1) is 12.3 Å². The summed E-state index contributed by atoms with van der Waals surface area (Å²) >= 11 is 0. The summed E-state index contributed by atoms with van der Waals surface area (Å²) in [5.74, 6) is 2.17. The number of urea groups is 1. The Balaban J connectivity index is 1.39. The first-order valence-electron chi connectivity index (χ1n) is 14.1. The Labute approximate surface area is 246 Å². The smallest absolute Gasteiger partial charge is 0.334 e. The van der Waals surface area contributed by atoms with Crippen molar-refractivity contribution in [3.05, 3.63) is 108 Å². The van der Waals surface area contributed by atoms with Gasteiger partial charge in [-0.15, -0.1) is 6.42 Å². The molecule has 0 aliphatic carbocycles. The van der Waals surface area contributed by atoms with Crippen molar-refractivity contribution in [1.82, 2.24) is 25.1 Å². The molecule has 2 atom stereocenters. The van der Waals surface area contributed by atoms with E-state index in [0.29, 0.717) is 32.7 Å². The highest BCUT2D eigenvalue weighted by Crippen LogP contribution is 2.28. The van der Waals surface area contributed by atoms with Crippen molar-refractivity contribution in [2.45, 2.75) is 31.8 Å². The maximum absolute atomic E-state index is 13.9. The van der Waals surface area contributed by atoms with Crippen molar-refractivity contribution in [3.63, 3.8) is 0 Å². The minimum Gasteiger partial charge on any atom is -0.375 e. The predicted octanol–water partition coefficient (Wildman–Crippen LogP) is 2.89. The van der Waals surface area contributed by atoms with Gasteiger partial charge in [0.2, 0.25) is 11.8 Å². The van der Waals surface area contributed by atoms with Crippen molar-refractivity contribution in [3.8, 4) is 12.3 Å². The van der Waals surface area contributed by atoms with Crippen LogP contribution in [-0.2, 0) is 33.9 Å². The van der Waals surface area contributed by atoms with Crippen LogP contribution in [0.3, 0.4) is 0 Å². The molecule has 2 fully saturated rings. The van der Waals surface area contributed by atoms with Crippen molar-refractivity contribution in [1.29, 1.82) is 0 Å². The molecule has 3 aromatic rings. The maximum atomic E-state index is 13.9. The minimum absolute atomic E-state index is 0.0757. The zero-order valence-electron chi connectivity index (χ0n) is 23.5. The molecule has 42 heavy (non-hydrogen) atoms. The molecule has 2 aliphatic heterocycles. The van der Waals surface area contributed by atoms with Gasteiger partial charge in [0.15, 0.2) is 0 Å². The average Bonchev–Trinajstić information content (AvgIpc) is 3.01. The fraction of sp³-hybridized carbons (Fsp3) is 0.303. The van der Waals surface area contributed by atoms with Gasteiger partial charge >= 0.3 is 6.03 Å². The van der Waals surface area contributed by atoms with Crippen LogP contribution in [0.15, 0.2) is 91.0 Å². The van der Waals surface area contributed by atoms with Gasteiger partial charge in [-0.25, -0.2) is 9.80 Å². The first kappa shape index (κ1) is 28.9. The summed E-state index contributed by atoms with van der Waals surface area (Å²) < 4.78 is 5.90. The van der Waals surface area contributed by atoms with E-state index < -0.39 is 12.2 Å². The SMILES string of the molecule is C#CCN1CC(=O)N2[C@@H](Cc3ccccc3)C(=O)N(CCOCc3ccccc3)C[C@@H]2N1C(=O)NCc1ccccc1. The van der Waals surface area contributed by atoms with E-state index in [4.69, 9.17) is 11.2 Å². The Morgan fingerprint density at radius 3 is 2.17 bits per heavy atom. The van der Waals surface area contributed by atoms with Gasteiger partial charge in [0.25, 0.3) is 0 Å². The highest BCUT2D eigenvalue weighted by atomic mass is 16.5. The molecule has 5 rings (SSSR count). The molecule has 0 saturated carbocycles. The van der Waals surface area contributed by atoms with E-state index in [1.54, 1.807) is 14.8 Å². The third kappa shape index (κ3) is 6.79. The van der Waals surface area contributed by atoms with Crippen molar-refractivity contribution in [2.24, 2.45) is 0 Å². The number of piperazine rings is 1. The average molecular weight is 566 g/mol. The predicted molar refractivity (Wildman–Crippen MR) is 158 cm³/mol.